The average Bonchev–Trinajstić information content (AvgIpc) is 2.45. The van der Waals surface area contributed by atoms with Crippen LogP contribution in [-0.4, -0.2) is 15.9 Å². The van der Waals surface area contributed by atoms with Gasteiger partial charge in [-0.05, 0) is 32.1 Å². The Kier molecular flexibility index (Phi) is 15.4. The maximum Gasteiger partial charge on any atom is 0.303 e. The molecule has 1 unspecified atom stereocenters. The van der Waals surface area contributed by atoms with Gasteiger partial charge in [-0.25, -0.2) is 0 Å². The van der Waals surface area contributed by atoms with Crippen LogP contribution in [0.15, 0.2) is 24.3 Å². The second-order valence-corrected chi connectivity index (χ2v) is 6.55. The Labute approximate surface area is 138 Å². The van der Waals surface area contributed by atoms with Crippen LogP contribution in [-0.2, 0) is 4.79 Å². The highest BCUT2D eigenvalue weighted by Crippen LogP contribution is 2.10. The summed E-state index contributed by atoms with van der Waals surface area (Å²) < 4.78 is 0. The van der Waals surface area contributed by atoms with Gasteiger partial charge < -0.3 is 5.11 Å². The number of carboxylic acids is 1. The molecule has 3 heteroatoms. The van der Waals surface area contributed by atoms with Crippen molar-refractivity contribution < 1.29 is 9.90 Å². The van der Waals surface area contributed by atoms with Crippen LogP contribution >= 0.6 is 15.9 Å². The van der Waals surface area contributed by atoms with Gasteiger partial charge in [0.2, 0.25) is 0 Å². The lowest BCUT2D eigenvalue weighted by atomic mass is 10.1. The van der Waals surface area contributed by atoms with Crippen molar-refractivity contribution in [1.29, 1.82) is 0 Å². The molecule has 1 N–H and O–H groups in total. The molecule has 0 aromatic heterocycles. The van der Waals surface area contributed by atoms with Crippen molar-refractivity contribution in [2.24, 2.45) is 0 Å². The van der Waals surface area contributed by atoms with Crippen molar-refractivity contribution in [3.05, 3.63) is 24.3 Å². The Morgan fingerprint density at radius 3 is 2.05 bits per heavy atom. The van der Waals surface area contributed by atoms with E-state index in [1.54, 1.807) is 0 Å². The third-order valence-electron chi connectivity index (χ3n) is 3.38. The zero-order valence-corrected chi connectivity index (χ0v) is 15.0. The molecule has 0 amide bonds. The molecule has 0 saturated heterocycles. The molecular weight excluding hydrogens is 328 g/mol. The quantitative estimate of drug-likeness (QED) is 0.226. The molecule has 0 saturated carbocycles. The number of carboxylic acid groups (broad SMARTS) is 1. The second-order valence-electron chi connectivity index (χ2n) is 5.50. The summed E-state index contributed by atoms with van der Waals surface area (Å²) >= 11 is 3.63. The highest BCUT2D eigenvalue weighted by molar-refractivity contribution is 9.09. The van der Waals surface area contributed by atoms with E-state index in [0.717, 1.165) is 25.7 Å². The van der Waals surface area contributed by atoms with Gasteiger partial charge in [0.15, 0.2) is 0 Å². The Morgan fingerprint density at radius 1 is 0.952 bits per heavy atom. The van der Waals surface area contributed by atoms with E-state index in [1.165, 1.54) is 38.5 Å². The monoisotopic (exact) mass is 358 g/mol. The van der Waals surface area contributed by atoms with Crippen LogP contribution in [0.2, 0.25) is 0 Å². The fraction of sp³-hybridized carbons (Fsp3) is 0.722. The minimum absolute atomic E-state index is 0.315. The molecule has 0 spiro atoms. The minimum atomic E-state index is -0.677. The van der Waals surface area contributed by atoms with E-state index in [4.69, 9.17) is 5.11 Å². The number of alkyl halides is 1. The van der Waals surface area contributed by atoms with Crippen molar-refractivity contribution >= 4 is 21.9 Å². The zero-order valence-electron chi connectivity index (χ0n) is 13.4. The molecule has 0 fully saturated rings. The van der Waals surface area contributed by atoms with E-state index < -0.39 is 5.97 Å². The zero-order chi connectivity index (χ0) is 15.8. The summed E-state index contributed by atoms with van der Waals surface area (Å²) in [5.41, 5.74) is 0. The Balaban J connectivity index is 3.39. The number of allylic oxidation sites excluding steroid dienone is 4. The standard InChI is InChI=1S/C18H31BrO2/c1-2-3-4-8-11-14-17(19)15-12-9-6-5-7-10-13-16-18(20)21/h11-12,14-15,17H,2-10,13,16H2,1H3,(H,20,21)/b14-11-,15-12-. The lowest BCUT2D eigenvalue weighted by molar-refractivity contribution is -0.137. The van der Waals surface area contributed by atoms with Gasteiger partial charge in [0.05, 0.1) is 4.83 Å². The van der Waals surface area contributed by atoms with Crippen LogP contribution in [0.25, 0.3) is 0 Å². The van der Waals surface area contributed by atoms with Crippen molar-refractivity contribution in [3.63, 3.8) is 0 Å². The molecule has 0 radical (unpaired) electrons. The number of halogens is 1. The highest BCUT2D eigenvalue weighted by atomic mass is 79.9. The van der Waals surface area contributed by atoms with Gasteiger partial charge in [-0.15, -0.1) is 0 Å². The summed E-state index contributed by atoms with van der Waals surface area (Å²) in [5, 5.41) is 8.52. The SMILES string of the molecule is CCCCC/C=C\C(Br)/C=C\CCCCCCCC(=O)O. The normalized spacial score (nSPS) is 13.2. The van der Waals surface area contributed by atoms with Gasteiger partial charge in [0.25, 0.3) is 0 Å². The van der Waals surface area contributed by atoms with Gasteiger partial charge in [-0.3, -0.25) is 4.79 Å². The maximum atomic E-state index is 10.3. The van der Waals surface area contributed by atoms with Crippen LogP contribution in [0.4, 0.5) is 0 Å². The Bertz CT molecular complexity index is 298. The van der Waals surface area contributed by atoms with Crippen LogP contribution in [0.1, 0.15) is 77.6 Å². The number of unbranched alkanes of at least 4 members (excludes halogenated alkanes) is 8. The predicted octanol–water partition coefficient (Wildman–Crippen LogP) is 6.26. The fourth-order valence-electron chi connectivity index (χ4n) is 2.10. The molecule has 122 valence electrons. The topological polar surface area (TPSA) is 37.3 Å². The van der Waals surface area contributed by atoms with Crippen LogP contribution < -0.4 is 0 Å². The lowest BCUT2D eigenvalue weighted by Crippen LogP contribution is -1.93. The first-order valence-corrected chi connectivity index (χ1v) is 9.27. The summed E-state index contributed by atoms with van der Waals surface area (Å²) in [6.45, 7) is 2.23. The molecule has 0 aliphatic rings. The van der Waals surface area contributed by atoms with E-state index in [-0.39, 0.29) is 0 Å². The molecule has 2 nitrogen and oxygen atoms in total. The first-order valence-electron chi connectivity index (χ1n) is 8.36. The molecule has 21 heavy (non-hydrogen) atoms. The molecular formula is C18H31BrO2. The number of hydrogen-bond donors (Lipinski definition) is 1. The van der Waals surface area contributed by atoms with Crippen LogP contribution in [0.3, 0.4) is 0 Å². The van der Waals surface area contributed by atoms with Crippen molar-refractivity contribution in [2.45, 2.75) is 82.4 Å². The second kappa shape index (κ2) is 15.8. The van der Waals surface area contributed by atoms with Gasteiger partial charge in [-0.1, -0.05) is 79.3 Å². The smallest absolute Gasteiger partial charge is 0.303 e. The third-order valence-corrected chi connectivity index (χ3v) is 3.99. The Morgan fingerprint density at radius 2 is 1.48 bits per heavy atom. The number of hydrogen-bond acceptors (Lipinski definition) is 1. The molecule has 0 aromatic carbocycles. The fourth-order valence-corrected chi connectivity index (χ4v) is 2.53. The van der Waals surface area contributed by atoms with E-state index in [1.807, 2.05) is 0 Å². The van der Waals surface area contributed by atoms with Gasteiger partial charge in [0.1, 0.15) is 0 Å². The average molecular weight is 359 g/mol. The van der Waals surface area contributed by atoms with Gasteiger partial charge in [0, 0.05) is 6.42 Å². The molecule has 0 rings (SSSR count). The summed E-state index contributed by atoms with van der Waals surface area (Å²) in [4.78, 5) is 10.7. The lowest BCUT2D eigenvalue weighted by Gasteiger charge is -1.99. The highest BCUT2D eigenvalue weighted by Gasteiger charge is 1.96. The van der Waals surface area contributed by atoms with Crippen LogP contribution in [0.5, 0.6) is 0 Å². The van der Waals surface area contributed by atoms with Crippen molar-refractivity contribution in [2.75, 3.05) is 0 Å². The molecule has 0 aliphatic carbocycles. The molecule has 0 aliphatic heterocycles. The van der Waals surface area contributed by atoms with Crippen LogP contribution in [0, 0.1) is 0 Å². The van der Waals surface area contributed by atoms with E-state index in [0.29, 0.717) is 11.2 Å². The van der Waals surface area contributed by atoms with Gasteiger partial charge in [-0.2, -0.15) is 0 Å². The summed E-state index contributed by atoms with van der Waals surface area (Å²) in [5.74, 6) is -0.677. The minimum Gasteiger partial charge on any atom is -0.481 e. The first kappa shape index (κ1) is 20.4. The first-order chi connectivity index (χ1) is 10.2. The largest absolute Gasteiger partial charge is 0.481 e. The summed E-state index contributed by atoms with van der Waals surface area (Å²) in [6, 6.07) is 0. The third kappa shape index (κ3) is 17.4. The number of carbonyl (C=O) groups is 1. The van der Waals surface area contributed by atoms with E-state index in [9.17, 15) is 4.79 Å². The molecule has 0 heterocycles. The van der Waals surface area contributed by atoms with Crippen molar-refractivity contribution in [1.82, 2.24) is 0 Å². The Hall–Kier alpha value is -0.570. The van der Waals surface area contributed by atoms with Gasteiger partial charge >= 0.3 is 5.97 Å². The molecule has 0 bridgehead atoms. The number of rotatable bonds is 14. The number of aliphatic carboxylic acids is 1. The molecule has 0 aromatic rings. The van der Waals surface area contributed by atoms with E-state index >= 15 is 0 Å². The predicted molar refractivity (Wildman–Crippen MR) is 95.1 cm³/mol. The van der Waals surface area contributed by atoms with E-state index in [2.05, 4.69) is 47.2 Å². The van der Waals surface area contributed by atoms with Crippen molar-refractivity contribution in [3.8, 4) is 0 Å². The summed E-state index contributed by atoms with van der Waals surface area (Å²) in [7, 11) is 0. The molecule has 1 atom stereocenters. The summed E-state index contributed by atoms with van der Waals surface area (Å²) in [6.07, 6.45) is 20.8. The maximum absolute atomic E-state index is 10.3.